The number of nitrogens with two attached hydrogens (primary N) is 1. The standard InChI is InChI=1S/C9H19N3O2/c10-9(12-13)7-11-5-4-8-3-1-2-6-14-8/h8,11,13H,1-7H2,(H2,10,12). The fraction of sp³-hybridized carbons (Fsp3) is 0.889. The lowest BCUT2D eigenvalue weighted by Crippen LogP contribution is -2.32. The fourth-order valence-corrected chi connectivity index (χ4v) is 1.55. The van der Waals surface area contributed by atoms with Crippen molar-refractivity contribution in [2.45, 2.75) is 31.8 Å². The van der Waals surface area contributed by atoms with Crippen LogP contribution in [-0.4, -0.2) is 36.8 Å². The number of nitrogens with zero attached hydrogens (tertiary/aromatic N) is 1. The van der Waals surface area contributed by atoms with Crippen LogP contribution < -0.4 is 11.1 Å². The zero-order chi connectivity index (χ0) is 10.2. The molecule has 5 nitrogen and oxygen atoms in total. The minimum absolute atomic E-state index is 0.217. The second-order valence-corrected chi connectivity index (χ2v) is 3.55. The van der Waals surface area contributed by atoms with Crippen molar-refractivity contribution in [1.82, 2.24) is 5.32 Å². The van der Waals surface area contributed by atoms with Crippen LogP contribution in [0, 0.1) is 0 Å². The van der Waals surface area contributed by atoms with E-state index in [4.69, 9.17) is 15.7 Å². The number of ether oxygens (including phenoxy) is 1. The first kappa shape index (κ1) is 11.3. The SMILES string of the molecule is NC(CNCCC1CCCCO1)=NO. The van der Waals surface area contributed by atoms with Crippen molar-refractivity contribution in [1.29, 1.82) is 0 Å². The minimum atomic E-state index is 0.217. The Morgan fingerprint density at radius 2 is 2.43 bits per heavy atom. The van der Waals surface area contributed by atoms with Crippen LogP contribution in [0.25, 0.3) is 0 Å². The second-order valence-electron chi connectivity index (χ2n) is 3.55. The second kappa shape index (κ2) is 6.62. The summed E-state index contributed by atoms with van der Waals surface area (Å²) in [5.74, 6) is 0.217. The maximum atomic E-state index is 8.28. The Kier molecular flexibility index (Phi) is 5.32. The van der Waals surface area contributed by atoms with Gasteiger partial charge in [0.25, 0.3) is 0 Å². The van der Waals surface area contributed by atoms with E-state index in [1.165, 1.54) is 12.8 Å². The Morgan fingerprint density at radius 3 is 3.07 bits per heavy atom. The molecule has 0 amide bonds. The smallest absolute Gasteiger partial charge is 0.153 e. The first-order valence-corrected chi connectivity index (χ1v) is 5.11. The third-order valence-electron chi connectivity index (χ3n) is 2.35. The number of amidine groups is 1. The van der Waals surface area contributed by atoms with Gasteiger partial charge >= 0.3 is 0 Å². The normalized spacial score (nSPS) is 23.7. The third kappa shape index (κ3) is 4.43. The van der Waals surface area contributed by atoms with Crippen LogP contribution in [-0.2, 0) is 4.74 Å². The summed E-state index contributed by atoms with van der Waals surface area (Å²) in [5, 5.41) is 14.2. The highest BCUT2D eigenvalue weighted by molar-refractivity contribution is 5.81. The molecule has 4 N–H and O–H groups in total. The zero-order valence-electron chi connectivity index (χ0n) is 8.41. The van der Waals surface area contributed by atoms with Gasteiger partial charge in [-0.25, -0.2) is 0 Å². The van der Waals surface area contributed by atoms with Crippen LogP contribution in [0.15, 0.2) is 5.16 Å². The van der Waals surface area contributed by atoms with Crippen LogP contribution in [0.2, 0.25) is 0 Å². The largest absolute Gasteiger partial charge is 0.409 e. The van der Waals surface area contributed by atoms with E-state index in [0.717, 1.165) is 26.0 Å². The van der Waals surface area contributed by atoms with Crippen molar-refractivity contribution in [2.75, 3.05) is 19.7 Å². The summed E-state index contributed by atoms with van der Waals surface area (Å²) in [4.78, 5) is 0. The number of hydrogen-bond acceptors (Lipinski definition) is 4. The average Bonchev–Trinajstić information content (AvgIpc) is 2.25. The number of oxime groups is 1. The molecule has 82 valence electrons. The van der Waals surface area contributed by atoms with Gasteiger partial charge in [0.15, 0.2) is 5.84 Å². The Hall–Kier alpha value is -0.810. The monoisotopic (exact) mass is 201 g/mol. The van der Waals surface area contributed by atoms with Gasteiger partial charge in [-0.3, -0.25) is 0 Å². The van der Waals surface area contributed by atoms with E-state index in [0.29, 0.717) is 12.6 Å². The molecule has 0 aliphatic carbocycles. The summed E-state index contributed by atoms with van der Waals surface area (Å²) in [7, 11) is 0. The van der Waals surface area contributed by atoms with Gasteiger partial charge in [-0.15, -0.1) is 0 Å². The van der Waals surface area contributed by atoms with Gasteiger partial charge < -0.3 is 21.0 Å². The van der Waals surface area contributed by atoms with E-state index in [2.05, 4.69) is 10.5 Å². The fourth-order valence-electron chi connectivity index (χ4n) is 1.55. The van der Waals surface area contributed by atoms with Gasteiger partial charge in [-0.05, 0) is 32.2 Å². The van der Waals surface area contributed by atoms with E-state index in [1.807, 2.05) is 0 Å². The molecule has 0 aromatic rings. The topological polar surface area (TPSA) is 79.9 Å². The van der Waals surface area contributed by atoms with Crippen LogP contribution in [0.4, 0.5) is 0 Å². The molecule has 0 saturated carbocycles. The molecule has 0 aromatic heterocycles. The zero-order valence-corrected chi connectivity index (χ0v) is 8.41. The molecule has 14 heavy (non-hydrogen) atoms. The van der Waals surface area contributed by atoms with Crippen molar-refractivity contribution in [3.63, 3.8) is 0 Å². The molecular weight excluding hydrogens is 182 g/mol. The number of hydrogen-bond donors (Lipinski definition) is 3. The minimum Gasteiger partial charge on any atom is -0.409 e. The van der Waals surface area contributed by atoms with Crippen molar-refractivity contribution in [2.24, 2.45) is 10.9 Å². The lowest BCUT2D eigenvalue weighted by atomic mass is 10.1. The van der Waals surface area contributed by atoms with E-state index < -0.39 is 0 Å². The van der Waals surface area contributed by atoms with Gasteiger partial charge in [0.1, 0.15) is 0 Å². The molecule has 5 heteroatoms. The lowest BCUT2D eigenvalue weighted by molar-refractivity contribution is 0.0117. The van der Waals surface area contributed by atoms with Crippen molar-refractivity contribution in [3.8, 4) is 0 Å². The Balaban J connectivity index is 1.97. The highest BCUT2D eigenvalue weighted by Crippen LogP contribution is 2.14. The third-order valence-corrected chi connectivity index (χ3v) is 2.35. The molecule has 0 spiro atoms. The molecule has 1 atom stereocenters. The molecule has 1 heterocycles. The molecule has 1 aliphatic heterocycles. The predicted molar refractivity (Wildman–Crippen MR) is 54.5 cm³/mol. The lowest BCUT2D eigenvalue weighted by Gasteiger charge is -2.22. The summed E-state index contributed by atoms with van der Waals surface area (Å²) in [6, 6.07) is 0. The molecule has 1 unspecified atom stereocenters. The molecule has 1 fully saturated rings. The number of nitrogens with one attached hydrogen (secondary N) is 1. The van der Waals surface area contributed by atoms with E-state index >= 15 is 0 Å². The van der Waals surface area contributed by atoms with Gasteiger partial charge in [-0.1, -0.05) is 5.16 Å². The molecule has 0 radical (unpaired) electrons. The molecule has 1 saturated heterocycles. The molecular formula is C9H19N3O2. The van der Waals surface area contributed by atoms with E-state index in [9.17, 15) is 0 Å². The predicted octanol–water partition coefficient (Wildman–Crippen LogP) is 0.282. The first-order chi connectivity index (χ1) is 6.83. The molecule has 0 aromatic carbocycles. The van der Waals surface area contributed by atoms with Gasteiger partial charge in [0.05, 0.1) is 12.6 Å². The number of rotatable bonds is 5. The maximum absolute atomic E-state index is 8.28. The Morgan fingerprint density at radius 1 is 1.57 bits per heavy atom. The summed E-state index contributed by atoms with van der Waals surface area (Å²) in [6.07, 6.45) is 5.01. The highest BCUT2D eigenvalue weighted by Gasteiger charge is 2.12. The van der Waals surface area contributed by atoms with Crippen LogP contribution >= 0.6 is 0 Å². The van der Waals surface area contributed by atoms with Crippen LogP contribution in [0.3, 0.4) is 0 Å². The Bertz CT molecular complexity index is 179. The van der Waals surface area contributed by atoms with Crippen molar-refractivity contribution in [3.05, 3.63) is 0 Å². The molecule has 1 rings (SSSR count). The van der Waals surface area contributed by atoms with Crippen LogP contribution in [0.5, 0.6) is 0 Å². The van der Waals surface area contributed by atoms with E-state index in [1.54, 1.807) is 0 Å². The molecule has 1 aliphatic rings. The van der Waals surface area contributed by atoms with Crippen LogP contribution in [0.1, 0.15) is 25.7 Å². The summed E-state index contributed by atoms with van der Waals surface area (Å²) >= 11 is 0. The maximum Gasteiger partial charge on any atom is 0.153 e. The van der Waals surface area contributed by atoms with Gasteiger partial charge in [0.2, 0.25) is 0 Å². The quantitative estimate of drug-likeness (QED) is 0.196. The average molecular weight is 201 g/mol. The van der Waals surface area contributed by atoms with Crippen molar-refractivity contribution < 1.29 is 9.94 Å². The summed E-state index contributed by atoms with van der Waals surface area (Å²) in [6.45, 7) is 2.18. The van der Waals surface area contributed by atoms with Gasteiger partial charge in [0, 0.05) is 6.61 Å². The highest BCUT2D eigenvalue weighted by atomic mass is 16.5. The van der Waals surface area contributed by atoms with Gasteiger partial charge in [-0.2, -0.15) is 0 Å². The van der Waals surface area contributed by atoms with Crippen molar-refractivity contribution >= 4 is 5.84 Å². The van der Waals surface area contributed by atoms with E-state index in [-0.39, 0.29) is 5.84 Å². The molecule has 0 bridgehead atoms. The summed E-state index contributed by atoms with van der Waals surface area (Å²) in [5.41, 5.74) is 5.30. The first-order valence-electron chi connectivity index (χ1n) is 5.11. The Labute approximate surface area is 84.3 Å². The summed E-state index contributed by atoms with van der Waals surface area (Å²) < 4.78 is 5.56.